The molecule has 2 heterocycles. The summed E-state index contributed by atoms with van der Waals surface area (Å²) in [6.07, 6.45) is 3.13. The van der Waals surface area contributed by atoms with Gasteiger partial charge in [0.05, 0.1) is 12.3 Å². The molecule has 8 nitrogen and oxygen atoms in total. The molecule has 0 spiro atoms. The molecule has 0 saturated carbocycles. The van der Waals surface area contributed by atoms with Gasteiger partial charge < -0.3 is 16.2 Å². The smallest absolute Gasteiger partial charge is 0.284 e. The molecule has 0 bridgehead atoms. The van der Waals surface area contributed by atoms with Crippen LogP contribution in [0.3, 0.4) is 0 Å². The summed E-state index contributed by atoms with van der Waals surface area (Å²) in [5.74, 6) is 0. The van der Waals surface area contributed by atoms with E-state index in [1.165, 1.54) is 10.9 Å². The van der Waals surface area contributed by atoms with Crippen LogP contribution in [-0.2, 0) is 13.1 Å². The number of aliphatic hydroxyl groups excluding tert-OH is 1. The van der Waals surface area contributed by atoms with Gasteiger partial charge in [-0.15, -0.1) is 0 Å². The Balaban J connectivity index is 1.51. The van der Waals surface area contributed by atoms with Crippen LogP contribution in [0.15, 0.2) is 90.2 Å². The van der Waals surface area contributed by atoms with Gasteiger partial charge in [0.2, 0.25) is 0 Å². The number of nitrogens with zero attached hydrogens (tertiary/aromatic N) is 4. The van der Waals surface area contributed by atoms with Gasteiger partial charge in [-0.2, -0.15) is 0 Å². The number of benzene rings is 3. The number of aliphatic hydroxyl groups is 1. The molecular weight excluding hydrogens is 440 g/mol. The van der Waals surface area contributed by atoms with Crippen LogP contribution >= 0.6 is 0 Å². The van der Waals surface area contributed by atoms with Crippen LogP contribution in [-0.4, -0.2) is 37.4 Å². The fraction of sp³-hybridized carbons (Fsp3) is 0.148. The predicted octanol–water partition coefficient (Wildman–Crippen LogP) is 2.78. The van der Waals surface area contributed by atoms with E-state index in [9.17, 15) is 4.79 Å². The molecule has 4 N–H and O–H groups in total. The van der Waals surface area contributed by atoms with E-state index in [2.05, 4.69) is 27.4 Å². The summed E-state index contributed by atoms with van der Waals surface area (Å²) in [7, 11) is 0. The topological polar surface area (TPSA) is 111 Å². The van der Waals surface area contributed by atoms with Crippen molar-refractivity contribution in [3.63, 3.8) is 0 Å². The molecule has 0 amide bonds. The van der Waals surface area contributed by atoms with Crippen molar-refractivity contribution in [2.24, 2.45) is 5.73 Å². The minimum absolute atomic E-state index is 0.0986. The Labute approximate surface area is 202 Å². The quantitative estimate of drug-likeness (QED) is 0.303. The second-order valence-corrected chi connectivity index (χ2v) is 8.18. The van der Waals surface area contributed by atoms with Crippen LogP contribution in [0, 0.1) is 0 Å². The summed E-state index contributed by atoms with van der Waals surface area (Å²) in [5.41, 5.74) is 12.2. The van der Waals surface area contributed by atoms with E-state index in [1.807, 2.05) is 60.7 Å². The Morgan fingerprint density at radius 1 is 0.886 bits per heavy atom. The lowest BCUT2D eigenvalue weighted by Gasteiger charge is -2.12. The molecule has 0 fully saturated rings. The maximum Gasteiger partial charge on any atom is 0.284 e. The molecule has 0 aliphatic carbocycles. The van der Waals surface area contributed by atoms with E-state index in [-0.39, 0.29) is 12.2 Å². The van der Waals surface area contributed by atoms with Gasteiger partial charge in [0.25, 0.3) is 5.56 Å². The second-order valence-electron chi connectivity index (χ2n) is 8.18. The van der Waals surface area contributed by atoms with Gasteiger partial charge in [0, 0.05) is 25.3 Å². The van der Waals surface area contributed by atoms with Crippen molar-refractivity contribution in [2.45, 2.75) is 13.1 Å². The van der Waals surface area contributed by atoms with Gasteiger partial charge in [0.15, 0.2) is 11.2 Å². The summed E-state index contributed by atoms with van der Waals surface area (Å²) in [4.78, 5) is 22.3. The number of hydrogen-bond acceptors (Lipinski definition) is 6. The Morgan fingerprint density at radius 2 is 1.66 bits per heavy atom. The SMILES string of the molecule is NCc1cccc(-n2cnc3ncn(-c4ccc(-c5ccccc5CNCCO)cc4)c(=O)c32)c1. The van der Waals surface area contributed by atoms with Crippen LogP contribution in [0.1, 0.15) is 11.1 Å². The molecule has 3 aromatic carbocycles. The minimum Gasteiger partial charge on any atom is -0.395 e. The molecule has 5 aromatic rings. The van der Waals surface area contributed by atoms with Crippen LogP contribution in [0.2, 0.25) is 0 Å². The molecule has 0 aliphatic heterocycles. The third-order valence-corrected chi connectivity index (χ3v) is 5.97. The minimum atomic E-state index is -0.202. The van der Waals surface area contributed by atoms with Crippen LogP contribution in [0.5, 0.6) is 0 Å². The number of aromatic nitrogens is 4. The van der Waals surface area contributed by atoms with Crippen molar-refractivity contribution in [1.29, 1.82) is 0 Å². The highest BCUT2D eigenvalue weighted by atomic mass is 16.3. The van der Waals surface area contributed by atoms with Gasteiger partial charge in [0.1, 0.15) is 12.7 Å². The summed E-state index contributed by atoms with van der Waals surface area (Å²) in [6.45, 7) is 1.71. The summed E-state index contributed by atoms with van der Waals surface area (Å²) < 4.78 is 3.29. The molecule has 0 unspecified atom stereocenters. The highest BCUT2D eigenvalue weighted by Crippen LogP contribution is 2.25. The standard InChI is InChI=1S/C27H26N6O2/c28-15-19-4-3-6-23(14-19)32-17-30-26-25(32)27(35)33(18-31-26)22-10-8-20(9-11-22)24-7-2-1-5-21(24)16-29-12-13-34/h1-11,14,17-18,29,34H,12-13,15-16,28H2. The number of imidazole rings is 1. The monoisotopic (exact) mass is 466 g/mol. The number of fused-ring (bicyclic) bond motifs is 1. The van der Waals surface area contributed by atoms with Crippen molar-refractivity contribution in [3.8, 4) is 22.5 Å². The van der Waals surface area contributed by atoms with Crippen molar-refractivity contribution in [3.05, 3.63) is 107 Å². The van der Waals surface area contributed by atoms with Crippen molar-refractivity contribution < 1.29 is 5.11 Å². The third kappa shape index (κ3) is 4.50. The fourth-order valence-electron chi connectivity index (χ4n) is 4.18. The normalized spacial score (nSPS) is 11.3. The van der Waals surface area contributed by atoms with E-state index >= 15 is 0 Å². The van der Waals surface area contributed by atoms with Crippen LogP contribution in [0.4, 0.5) is 0 Å². The number of nitrogens with one attached hydrogen (secondary N) is 1. The highest BCUT2D eigenvalue weighted by Gasteiger charge is 2.14. The summed E-state index contributed by atoms with van der Waals surface area (Å²) in [5, 5.41) is 12.3. The first-order valence-corrected chi connectivity index (χ1v) is 11.4. The zero-order valence-corrected chi connectivity index (χ0v) is 19.1. The van der Waals surface area contributed by atoms with Crippen LogP contribution < -0.4 is 16.6 Å². The summed E-state index contributed by atoms with van der Waals surface area (Å²) in [6, 6.07) is 23.7. The maximum atomic E-state index is 13.5. The number of rotatable bonds is 8. The van der Waals surface area contributed by atoms with Crippen LogP contribution in [0.25, 0.3) is 33.7 Å². The third-order valence-electron chi connectivity index (χ3n) is 5.97. The molecule has 0 radical (unpaired) electrons. The van der Waals surface area contributed by atoms with Crippen molar-refractivity contribution >= 4 is 11.2 Å². The molecule has 35 heavy (non-hydrogen) atoms. The maximum absolute atomic E-state index is 13.5. The number of hydrogen-bond donors (Lipinski definition) is 3. The average Bonchev–Trinajstić information content (AvgIpc) is 3.35. The van der Waals surface area contributed by atoms with Gasteiger partial charge in [-0.05, 0) is 46.5 Å². The molecule has 2 aromatic heterocycles. The zero-order chi connectivity index (χ0) is 24.2. The molecule has 5 rings (SSSR count). The molecule has 0 atom stereocenters. The Morgan fingerprint density at radius 3 is 2.43 bits per heavy atom. The fourth-order valence-corrected chi connectivity index (χ4v) is 4.18. The van der Waals surface area contributed by atoms with E-state index in [0.717, 1.165) is 27.9 Å². The largest absolute Gasteiger partial charge is 0.395 e. The van der Waals surface area contributed by atoms with Gasteiger partial charge in [-0.1, -0.05) is 48.5 Å². The van der Waals surface area contributed by atoms with Gasteiger partial charge in [-0.25, -0.2) is 9.97 Å². The Bertz CT molecular complexity index is 1520. The number of nitrogens with two attached hydrogens (primary N) is 1. The first-order valence-electron chi connectivity index (χ1n) is 11.4. The highest BCUT2D eigenvalue weighted by molar-refractivity contribution is 5.73. The van der Waals surface area contributed by atoms with E-state index in [4.69, 9.17) is 10.8 Å². The first-order chi connectivity index (χ1) is 17.2. The summed E-state index contributed by atoms with van der Waals surface area (Å²) >= 11 is 0. The Kier molecular flexibility index (Phi) is 6.49. The lowest BCUT2D eigenvalue weighted by molar-refractivity contribution is 0.292. The average molecular weight is 467 g/mol. The molecule has 176 valence electrons. The molecule has 0 saturated heterocycles. The molecule has 0 aliphatic rings. The first kappa shape index (κ1) is 22.7. The second kappa shape index (κ2) is 10.0. The van der Waals surface area contributed by atoms with E-state index in [1.54, 1.807) is 10.9 Å². The molecule has 8 heteroatoms. The van der Waals surface area contributed by atoms with Crippen molar-refractivity contribution in [2.75, 3.05) is 13.2 Å². The zero-order valence-electron chi connectivity index (χ0n) is 19.1. The van der Waals surface area contributed by atoms with Crippen molar-refractivity contribution in [1.82, 2.24) is 24.4 Å². The van der Waals surface area contributed by atoms with Gasteiger partial charge in [-0.3, -0.25) is 13.9 Å². The van der Waals surface area contributed by atoms with E-state index in [0.29, 0.717) is 36.5 Å². The molecular formula is C27H26N6O2. The Hall–Kier alpha value is -4.11. The van der Waals surface area contributed by atoms with Gasteiger partial charge >= 0.3 is 0 Å². The lowest BCUT2D eigenvalue weighted by Crippen LogP contribution is -2.20. The predicted molar refractivity (Wildman–Crippen MR) is 137 cm³/mol. The van der Waals surface area contributed by atoms with E-state index < -0.39 is 0 Å². The lowest BCUT2D eigenvalue weighted by atomic mass is 9.99.